The molecule has 10 unspecified atom stereocenters. The van der Waals surface area contributed by atoms with E-state index in [1.165, 1.54) is 182 Å². The van der Waals surface area contributed by atoms with Gasteiger partial charge in [-0.05, 0) is 334 Å². The number of aliphatic hydroxyl groups is 5. The summed E-state index contributed by atoms with van der Waals surface area (Å²) in [5, 5.41) is 60.0. The van der Waals surface area contributed by atoms with Crippen LogP contribution < -0.4 is 0 Å². The normalized spacial score (nSPS) is 28.3. The number of aromatic nitrogens is 1. The zero-order valence-electron chi connectivity index (χ0n) is 80.0. The SMILES string of the molecule is Cc1ccccc1C(O)(Cc1ccc(F)cc1)C1CN2CCC1CC2.OC(CCc1ccc(CN2CCCC2)cc1)(c1ccccc1)C1CN2CCC1CC2.OC(CCc1cccc(CN2CCOCC2)c1)(c1ccccc1)C1CN2CCC1CC2.OC(CCc1ccccc1)(c1ccccc1)C1CN2CCC1CC2.OC(CCc1ccccn1)(c1ccccc1)C1CN2CCC1CC2.[HH].[HH].[HH].[HH]. The van der Waals surface area contributed by atoms with Crippen LogP contribution in [0.25, 0.3) is 0 Å². The second-order valence-electron chi connectivity index (χ2n) is 42.2. The lowest BCUT2D eigenvalue weighted by atomic mass is 9.65. The number of hydrogen-bond donors (Lipinski definition) is 5. The minimum atomic E-state index is -0.910. The summed E-state index contributed by atoms with van der Waals surface area (Å²) >= 11 is 0. The summed E-state index contributed by atoms with van der Waals surface area (Å²) in [7, 11) is 0. The Kier molecular flexibility index (Phi) is 32.2. The van der Waals surface area contributed by atoms with Gasteiger partial charge in [-0.3, -0.25) is 14.8 Å². The van der Waals surface area contributed by atoms with Gasteiger partial charge in [0.2, 0.25) is 0 Å². The Labute approximate surface area is 806 Å². The molecular weight excluding hydrogens is 1660 g/mol. The summed E-state index contributed by atoms with van der Waals surface area (Å²) in [6.07, 6.45) is 24.0. The number of fused-ring (bicyclic) bond motifs is 15. The van der Waals surface area contributed by atoms with Gasteiger partial charge in [-0.15, -0.1) is 0 Å². The van der Waals surface area contributed by atoms with Crippen molar-refractivity contribution in [2.75, 3.05) is 138 Å². The van der Waals surface area contributed by atoms with Gasteiger partial charge in [0.1, 0.15) is 5.82 Å². The molecule has 18 heterocycles. The first-order valence-electron chi connectivity index (χ1n) is 51.9. The number of likely N-dealkylation sites (tertiary alicyclic amines) is 1. The van der Waals surface area contributed by atoms with Gasteiger partial charge in [-0.25, -0.2) is 4.39 Å². The van der Waals surface area contributed by atoms with E-state index in [4.69, 9.17) is 4.74 Å². The van der Waals surface area contributed by atoms with Crippen molar-refractivity contribution in [1.82, 2.24) is 39.3 Å². The van der Waals surface area contributed by atoms with E-state index in [1.807, 2.05) is 54.7 Å². The first kappa shape index (κ1) is 95.8. The maximum absolute atomic E-state index is 13.3. The predicted molar refractivity (Wildman–Crippen MR) is 546 cm³/mol. The molecule has 0 saturated carbocycles. The summed E-state index contributed by atoms with van der Waals surface area (Å²) in [5.41, 5.74) is 11.5. The minimum absolute atomic E-state index is 0. The molecule has 10 bridgehead atoms. The molecule has 10 atom stereocenters. The van der Waals surface area contributed by atoms with E-state index in [9.17, 15) is 29.9 Å². The largest absolute Gasteiger partial charge is 0.385 e. The van der Waals surface area contributed by atoms with E-state index < -0.39 is 28.0 Å². The topological polar surface area (TPSA) is 146 Å². The smallest absolute Gasteiger partial charge is 0.123 e. The number of rotatable bonds is 28. The molecule has 10 aromatic rings. The minimum Gasteiger partial charge on any atom is -0.385 e. The fourth-order valence-corrected chi connectivity index (χ4v) is 26.4. The lowest BCUT2D eigenvalue weighted by molar-refractivity contribution is -0.106. The molecule has 17 saturated heterocycles. The van der Waals surface area contributed by atoms with Crippen LogP contribution in [-0.2, 0) is 77.9 Å². The Morgan fingerprint density at radius 1 is 0.313 bits per heavy atom. The molecule has 0 aliphatic carbocycles. The average Bonchev–Trinajstić information content (AvgIpc) is 1.02. The number of hydrogen-bond acceptors (Lipinski definition) is 14. The fourth-order valence-electron chi connectivity index (χ4n) is 26.4. The molecule has 0 radical (unpaired) electrons. The molecule has 1 aromatic heterocycles. The number of halogens is 1. The van der Waals surface area contributed by atoms with E-state index in [0.717, 1.165) is 181 Å². The number of aryl methyl sites for hydroxylation is 5. The summed E-state index contributed by atoms with van der Waals surface area (Å²) in [5.74, 6) is 4.51. The third kappa shape index (κ3) is 23.2. The number of piperidine rings is 15. The highest BCUT2D eigenvalue weighted by Gasteiger charge is 2.53. The van der Waals surface area contributed by atoms with Gasteiger partial charge >= 0.3 is 0 Å². The molecule has 0 amide bonds. The third-order valence-corrected chi connectivity index (χ3v) is 34.3. The van der Waals surface area contributed by atoms with Crippen molar-refractivity contribution in [3.8, 4) is 0 Å². The number of benzene rings is 9. The van der Waals surface area contributed by atoms with Gasteiger partial charge in [0, 0.05) is 113 Å². The summed E-state index contributed by atoms with van der Waals surface area (Å²) in [6, 6.07) is 91.1. The van der Waals surface area contributed by atoms with Gasteiger partial charge in [-0.1, -0.05) is 243 Å². The molecule has 718 valence electrons. The maximum Gasteiger partial charge on any atom is 0.123 e. The highest BCUT2D eigenvalue weighted by atomic mass is 19.1. The highest BCUT2D eigenvalue weighted by molar-refractivity contribution is 5.37. The van der Waals surface area contributed by atoms with E-state index >= 15 is 0 Å². The number of nitrogens with zero attached hydrogens (tertiary/aromatic N) is 8. The van der Waals surface area contributed by atoms with Crippen molar-refractivity contribution < 1.29 is 40.4 Å². The second kappa shape index (κ2) is 45.0. The highest BCUT2D eigenvalue weighted by Crippen LogP contribution is 2.52. The molecule has 15 heteroatoms. The predicted octanol–water partition coefficient (Wildman–Crippen LogP) is 20.1. The van der Waals surface area contributed by atoms with Crippen LogP contribution in [0.2, 0.25) is 0 Å². The summed E-state index contributed by atoms with van der Waals surface area (Å²) in [6.45, 7) is 27.4. The third-order valence-electron chi connectivity index (χ3n) is 34.3. The first-order valence-corrected chi connectivity index (χ1v) is 51.9. The van der Waals surface area contributed by atoms with Crippen molar-refractivity contribution in [1.29, 1.82) is 0 Å². The molecule has 5 N–H and O–H groups in total. The molecule has 9 aromatic carbocycles. The van der Waals surface area contributed by atoms with Gasteiger partial charge < -0.3 is 54.8 Å². The van der Waals surface area contributed by atoms with Crippen LogP contribution >= 0.6 is 0 Å². The van der Waals surface area contributed by atoms with E-state index in [2.05, 4.69) is 240 Å². The lowest BCUT2D eigenvalue weighted by Gasteiger charge is -2.51. The van der Waals surface area contributed by atoms with Crippen LogP contribution in [0.4, 0.5) is 4.39 Å². The molecular formula is C119H159FN8O6. The van der Waals surface area contributed by atoms with Crippen LogP contribution in [0, 0.1) is 71.9 Å². The number of morpholine rings is 1. The van der Waals surface area contributed by atoms with Crippen molar-refractivity contribution in [2.45, 2.75) is 183 Å². The quantitative estimate of drug-likeness (QED) is 0.0317. The average molecular weight is 1820 g/mol. The van der Waals surface area contributed by atoms with Crippen molar-refractivity contribution >= 4 is 0 Å². The number of ether oxygens (including phenoxy) is 1. The Morgan fingerprint density at radius 2 is 0.634 bits per heavy atom. The Balaban J connectivity index is 0.000000137. The molecule has 27 rings (SSSR count). The van der Waals surface area contributed by atoms with Crippen LogP contribution in [-0.4, -0.2) is 202 Å². The second-order valence-corrected chi connectivity index (χ2v) is 42.2. The summed E-state index contributed by atoms with van der Waals surface area (Å²) < 4.78 is 18.8. The van der Waals surface area contributed by atoms with Crippen LogP contribution in [0.1, 0.15) is 181 Å². The molecule has 0 spiro atoms. The van der Waals surface area contributed by atoms with Gasteiger partial charge in [0.05, 0.1) is 41.2 Å². The molecule has 17 fully saturated rings. The Morgan fingerprint density at radius 3 is 1.02 bits per heavy atom. The molecule has 134 heavy (non-hydrogen) atoms. The fraction of sp³-hybridized carbons (Fsp3) is 0.504. The van der Waals surface area contributed by atoms with E-state index in [0.29, 0.717) is 59.7 Å². The monoisotopic (exact) mass is 1820 g/mol. The standard InChI is InChI=1S/C27H36N2O2.C27H36N2O.C22H26FNO.C22H27NO.C21H26N2O.4H2/c30-27(25-7-2-1-3-8-25,26-21-28-13-10-24(26)11-14-28)12-9-22-5-4-6-23(19-22)20-29-15-17-31-18-16-29;30-27(25-6-2-1-3-7-25,26-21-29-18-13-24(26)14-19-29)15-12-22-8-10-23(11-9-22)20-28-16-4-5-17-28;1-16-4-2-3-5-20(16)22(25,14-17-6-8-19(23)9-7-17)21-15-24-12-10-18(21)11-13-24;24-22(20-9-5-2-6-10-20,14-11-18-7-3-1-4-8-18)21-17-23-15-12-19(21)13-16-23;24-21(18-6-2-1-3-7-18,12-9-19-8-4-5-13-22-19)20-16-23-14-10-17(20)11-15-23;;;;/h1-8,19,24,26,30H,9-18,20-21H2;1-3,6-11,24,26,30H,4-5,12-21H2;2-9,18,21,25H,10-15H2,1H3;1-10,19,21,24H,11-17H2;1-8,13,17,20,24H,9-12,14-16H2;4*1H. The van der Waals surface area contributed by atoms with Crippen LogP contribution in [0.5, 0.6) is 0 Å². The summed E-state index contributed by atoms with van der Waals surface area (Å²) in [4.78, 5) is 22.1. The van der Waals surface area contributed by atoms with E-state index in [1.54, 1.807) is 12.1 Å². The van der Waals surface area contributed by atoms with Crippen molar-refractivity contribution in [3.63, 3.8) is 0 Å². The van der Waals surface area contributed by atoms with Crippen LogP contribution in [0.15, 0.2) is 273 Å². The van der Waals surface area contributed by atoms with Gasteiger partial charge in [0.25, 0.3) is 0 Å². The first-order chi connectivity index (χ1) is 65.5. The number of pyridine rings is 1. The van der Waals surface area contributed by atoms with Crippen molar-refractivity contribution in [2.24, 2.45) is 59.2 Å². The maximum atomic E-state index is 13.3. The lowest BCUT2D eigenvalue weighted by Crippen LogP contribution is -2.56. The molecule has 17 aliphatic heterocycles. The zero-order valence-corrected chi connectivity index (χ0v) is 80.0. The molecule has 14 nitrogen and oxygen atoms in total. The molecule has 17 aliphatic rings. The Bertz CT molecular complexity index is 5100. The van der Waals surface area contributed by atoms with Gasteiger partial charge in [-0.2, -0.15) is 0 Å². The van der Waals surface area contributed by atoms with E-state index in [-0.39, 0.29) is 17.4 Å². The van der Waals surface area contributed by atoms with Gasteiger partial charge in [0.15, 0.2) is 0 Å². The van der Waals surface area contributed by atoms with Crippen molar-refractivity contribution in [3.05, 3.63) is 351 Å². The van der Waals surface area contributed by atoms with Crippen LogP contribution in [0.3, 0.4) is 0 Å². The Hall–Kier alpha value is -8.46. The zero-order chi connectivity index (χ0) is 91.7.